The maximum atomic E-state index is 12.6. The Morgan fingerprint density at radius 2 is 2.22 bits per heavy atom. The van der Waals surface area contributed by atoms with Crippen molar-refractivity contribution in [2.45, 2.75) is 39.2 Å². The summed E-state index contributed by atoms with van der Waals surface area (Å²) >= 11 is 0. The van der Waals surface area contributed by atoms with Crippen molar-refractivity contribution < 1.29 is 4.79 Å². The minimum atomic E-state index is -0.0568. The van der Waals surface area contributed by atoms with Gasteiger partial charge in [0.25, 0.3) is 0 Å². The zero-order valence-electron chi connectivity index (χ0n) is 11.2. The van der Waals surface area contributed by atoms with Crippen molar-refractivity contribution in [1.82, 2.24) is 0 Å². The molecule has 0 fully saturated rings. The third-order valence-electron chi connectivity index (χ3n) is 3.89. The van der Waals surface area contributed by atoms with E-state index in [1.807, 2.05) is 30.0 Å². The quantitative estimate of drug-likeness (QED) is 0.889. The first-order chi connectivity index (χ1) is 8.69. The molecular formula is C15H22N2O. The Balaban J connectivity index is 2.34. The van der Waals surface area contributed by atoms with Crippen molar-refractivity contribution in [2.75, 3.05) is 11.4 Å². The number of hydrogen-bond donors (Lipinski definition) is 1. The molecule has 0 spiro atoms. The van der Waals surface area contributed by atoms with E-state index in [2.05, 4.69) is 13.0 Å². The number of anilines is 1. The standard InChI is InChI=1S/C15H22N2O/c1-3-12(10-16)15(18)17-11(2)8-9-13-6-4-5-7-14(13)17/h4-7,11-12H,3,8-10,16H2,1-2H3. The van der Waals surface area contributed by atoms with Crippen molar-refractivity contribution in [2.24, 2.45) is 11.7 Å². The van der Waals surface area contributed by atoms with Gasteiger partial charge in [0.2, 0.25) is 5.91 Å². The Kier molecular flexibility index (Phi) is 4.02. The van der Waals surface area contributed by atoms with Gasteiger partial charge in [0.05, 0.1) is 5.92 Å². The van der Waals surface area contributed by atoms with Crippen molar-refractivity contribution in [1.29, 1.82) is 0 Å². The molecule has 2 N–H and O–H groups in total. The molecule has 0 aliphatic carbocycles. The first kappa shape index (κ1) is 13.1. The van der Waals surface area contributed by atoms with Gasteiger partial charge in [-0.3, -0.25) is 4.79 Å². The molecule has 3 heteroatoms. The van der Waals surface area contributed by atoms with E-state index in [-0.39, 0.29) is 17.9 Å². The van der Waals surface area contributed by atoms with E-state index >= 15 is 0 Å². The van der Waals surface area contributed by atoms with Crippen molar-refractivity contribution in [3.8, 4) is 0 Å². The Morgan fingerprint density at radius 1 is 1.50 bits per heavy atom. The predicted octanol–water partition coefficient (Wildman–Crippen LogP) is 2.34. The molecule has 0 bridgehead atoms. The Hall–Kier alpha value is -1.35. The lowest BCUT2D eigenvalue weighted by atomic mass is 9.94. The molecule has 18 heavy (non-hydrogen) atoms. The van der Waals surface area contributed by atoms with Gasteiger partial charge in [0.1, 0.15) is 0 Å². The van der Waals surface area contributed by atoms with E-state index in [0.717, 1.165) is 24.9 Å². The second-order valence-corrected chi connectivity index (χ2v) is 5.07. The first-order valence-corrected chi connectivity index (χ1v) is 6.80. The summed E-state index contributed by atoms with van der Waals surface area (Å²) in [5, 5.41) is 0. The number of aryl methyl sites for hydroxylation is 1. The number of amides is 1. The molecule has 0 saturated carbocycles. The highest BCUT2D eigenvalue weighted by atomic mass is 16.2. The fraction of sp³-hybridized carbons (Fsp3) is 0.533. The molecule has 1 aromatic rings. The van der Waals surface area contributed by atoms with Gasteiger partial charge in [0.15, 0.2) is 0 Å². The van der Waals surface area contributed by atoms with Crippen LogP contribution in [0.2, 0.25) is 0 Å². The summed E-state index contributed by atoms with van der Waals surface area (Å²) in [6, 6.07) is 8.47. The summed E-state index contributed by atoms with van der Waals surface area (Å²) in [6.07, 6.45) is 2.89. The van der Waals surface area contributed by atoms with Crippen molar-refractivity contribution in [3.05, 3.63) is 29.8 Å². The second kappa shape index (κ2) is 5.53. The van der Waals surface area contributed by atoms with Crippen LogP contribution >= 0.6 is 0 Å². The van der Waals surface area contributed by atoms with Crippen LogP contribution in [-0.4, -0.2) is 18.5 Å². The number of carbonyl (C=O) groups excluding carboxylic acids is 1. The van der Waals surface area contributed by atoms with E-state index < -0.39 is 0 Å². The van der Waals surface area contributed by atoms with Gasteiger partial charge < -0.3 is 10.6 Å². The molecule has 1 heterocycles. The minimum Gasteiger partial charge on any atom is -0.330 e. The third-order valence-corrected chi connectivity index (χ3v) is 3.89. The summed E-state index contributed by atoms with van der Waals surface area (Å²) in [5.74, 6) is 0.123. The lowest BCUT2D eigenvalue weighted by Crippen LogP contribution is -2.46. The van der Waals surface area contributed by atoms with Gasteiger partial charge in [0, 0.05) is 18.3 Å². The molecule has 2 unspecified atom stereocenters. The molecule has 0 saturated heterocycles. The molecule has 1 amide bonds. The topological polar surface area (TPSA) is 46.3 Å². The van der Waals surface area contributed by atoms with Gasteiger partial charge in [-0.25, -0.2) is 0 Å². The van der Waals surface area contributed by atoms with Crippen LogP contribution in [0.1, 0.15) is 32.3 Å². The fourth-order valence-electron chi connectivity index (χ4n) is 2.66. The van der Waals surface area contributed by atoms with E-state index in [1.54, 1.807) is 0 Å². The fourth-order valence-corrected chi connectivity index (χ4v) is 2.66. The Bertz CT molecular complexity index is 426. The van der Waals surface area contributed by atoms with Gasteiger partial charge in [-0.1, -0.05) is 25.1 Å². The number of hydrogen-bond acceptors (Lipinski definition) is 2. The van der Waals surface area contributed by atoms with Crippen LogP contribution in [0, 0.1) is 5.92 Å². The molecule has 1 aliphatic heterocycles. The van der Waals surface area contributed by atoms with E-state index in [1.165, 1.54) is 5.56 Å². The SMILES string of the molecule is CCC(CN)C(=O)N1c2ccccc2CCC1C. The summed E-state index contributed by atoms with van der Waals surface area (Å²) in [7, 11) is 0. The summed E-state index contributed by atoms with van der Waals surface area (Å²) in [6.45, 7) is 4.58. The summed E-state index contributed by atoms with van der Waals surface area (Å²) < 4.78 is 0. The zero-order valence-corrected chi connectivity index (χ0v) is 11.2. The molecule has 2 rings (SSSR count). The van der Waals surface area contributed by atoms with E-state index in [9.17, 15) is 4.79 Å². The number of rotatable bonds is 3. The van der Waals surface area contributed by atoms with Gasteiger partial charge in [-0.2, -0.15) is 0 Å². The lowest BCUT2D eigenvalue weighted by molar-refractivity contribution is -0.122. The normalized spacial score (nSPS) is 20.4. The highest BCUT2D eigenvalue weighted by Crippen LogP contribution is 2.31. The van der Waals surface area contributed by atoms with Crippen LogP contribution in [0.4, 0.5) is 5.69 Å². The highest BCUT2D eigenvalue weighted by Gasteiger charge is 2.31. The molecular weight excluding hydrogens is 224 g/mol. The number of para-hydroxylation sites is 1. The third kappa shape index (κ3) is 2.27. The molecule has 0 aromatic heterocycles. The Morgan fingerprint density at radius 3 is 2.89 bits per heavy atom. The predicted molar refractivity (Wildman–Crippen MR) is 74.5 cm³/mol. The zero-order chi connectivity index (χ0) is 13.1. The van der Waals surface area contributed by atoms with Crippen LogP contribution in [0.3, 0.4) is 0 Å². The molecule has 1 aliphatic rings. The molecule has 3 nitrogen and oxygen atoms in total. The number of carbonyl (C=O) groups is 1. The monoisotopic (exact) mass is 246 g/mol. The van der Waals surface area contributed by atoms with Gasteiger partial charge in [-0.05, 0) is 37.8 Å². The smallest absolute Gasteiger partial charge is 0.231 e. The van der Waals surface area contributed by atoms with Gasteiger partial charge >= 0.3 is 0 Å². The first-order valence-electron chi connectivity index (χ1n) is 6.80. The molecule has 1 aromatic carbocycles. The van der Waals surface area contributed by atoms with Crippen LogP contribution in [0.5, 0.6) is 0 Å². The van der Waals surface area contributed by atoms with Crippen molar-refractivity contribution >= 4 is 11.6 Å². The number of benzene rings is 1. The average Bonchev–Trinajstić information content (AvgIpc) is 2.39. The second-order valence-electron chi connectivity index (χ2n) is 5.07. The summed E-state index contributed by atoms with van der Waals surface area (Å²) in [4.78, 5) is 14.5. The Labute approximate surface area is 109 Å². The van der Waals surface area contributed by atoms with Crippen LogP contribution < -0.4 is 10.6 Å². The largest absolute Gasteiger partial charge is 0.330 e. The highest BCUT2D eigenvalue weighted by molar-refractivity contribution is 5.96. The van der Waals surface area contributed by atoms with E-state index in [0.29, 0.717) is 6.54 Å². The minimum absolute atomic E-state index is 0.0568. The summed E-state index contributed by atoms with van der Waals surface area (Å²) in [5.41, 5.74) is 8.06. The van der Waals surface area contributed by atoms with Crippen molar-refractivity contribution in [3.63, 3.8) is 0 Å². The maximum Gasteiger partial charge on any atom is 0.231 e. The maximum absolute atomic E-state index is 12.6. The number of nitrogens with zero attached hydrogens (tertiary/aromatic N) is 1. The van der Waals surface area contributed by atoms with E-state index in [4.69, 9.17) is 5.73 Å². The molecule has 98 valence electrons. The van der Waals surface area contributed by atoms with Gasteiger partial charge in [-0.15, -0.1) is 0 Å². The lowest BCUT2D eigenvalue weighted by Gasteiger charge is -2.37. The van der Waals surface area contributed by atoms with Crippen LogP contribution in [0.25, 0.3) is 0 Å². The molecule has 2 atom stereocenters. The van der Waals surface area contributed by atoms with Crippen LogP contribution in [-0.2, 0) is 11.2 Å². The van der Waals surface area contributed by atoms with Crippen LogP contribution in [0.15, 0.2) is 24.3 Å². The average molecular weight is 246 g/mol. The number of fused-ring (bicyclic) bond motifs is 1. The molecule has 0 radical (unpaired) electrons. The number of nitrogens with two attached hydrogens (primary N) is 1.